The van der Waals surface area contributed by atoms with Gasteiger partial charge in [-0.3, -0.25) is 4.79 Å². The molecule has 5 nitrogen and oxygen atoms in total. The van der Waals surface area contributed by atoms with Gasteiger partial charge in [0.25, 0.3) is 0 Å². The Balaban J connectivity index is 1.83. The number of benzene rings is 2. The summed E-state index contributed by atoms with van der Waals surface area (Å²) in [6.45, 7) is 0.161. The zero-order chi connectivity index (χ0) is 17.8. The first-order valence-electron chi connectivity index (χ1n) is 7.55. The fourth-order valence-electron chi connectivity index (χ4n) is 2.57. The van der Waals surface area contributed by atoms with Crippen molar-refractivity contribution in [3.05, 3.63) is 58.9 Å². The van der Waals surface area contributed by atoms with Crippen molar-refractivity contribution in [2.75, 3.05) is 11.6 Å². The van der Waals surface area contributed by atoms with Crippen LogP contribution in [0.2, 0.25) is 5.02 Å². The molecule has 2 aromatic carbocycles. The van der Waals surface area contributed by atoms with Crippen LogP contribution >= 0.6 is 23.4 Å². The van der Waals surface area contributed by atoms with Crippen molar-refractivity contribution in [1.82, 2.24) is 9.55 Å². The minimum atomic E-state index is -0.175. The quantitative estimate of drug-likeness (QED) is 0.735. The molecule has 0 aliphatic carbocycles. The van der Waals surface area contributed by atoms with Crippen LogP contribution in [0.5, 0.6) is 0 Å². The molecule has 0 aliphatic rings. The van der Waals surface area contributed by atoms with E-state index in [2.05, 4.69) is 10.3 Å². The second-order valence-electron chi connectivity index (χ2n) is 5.39. The van der Waals surface area contributed by atoms with Crippen LogP contribution < -0.4 is 5.32 Å². The van der Waals surface area contributed by atoms with Crippen LogP contribution in [0, 0.1) is 11.3 Å². The number of thioether (sulfide) groups is 1. The summed E-state index contributed by atoms with van der Waals surface area (Å²) in [6.07, 6.45) is 2.00. The van der Waals surface area contributed by atoms with E-state index in [0.29, 0.717) is 16.3 Å². The smallest absolute Gasteiger partial charge is 0.244 e. The average molecular weight is 371 g/mol. The van der Waals surface area contributed by atoms with Crippen LogP contribution in [0.4, 0.5) is 5.69 Å². The SMILES string of the molecule is CSCc1nc2ccccc2n1CC(=O)Nc1ccc(C#N)c(Cl)c1. The van der Waals surface area contributed by atoms with Crippen LogP contribution in [0.3, 0.4) is 0 Å². The summed E-state index contributed by atoms with van der Waals surface area (Å²) in [5, 5.41) is 12.0. The maximum Gasteiger partial charge on any atom is 0.244 e. The molecular weight excluding hydrogens is 356 g/mol. The van der Waals surface area contributed by atoms with Gasteiger partial charge in [0, 0.05) is 5.69 Å². The maximum absolute atomic E-state index is 12.5. The second kappa shape index (κ2) is 7.60. The number of aromatic nitrogens is 2. The van der Waals surface area contributed by atoms with Crippen molar-refractivity contribution in [2.24, 2.45) is 0 Å². The summed E-state index contributed by atoms with van der Waals surface area (Å²) in [5.74, 6) is 1.41. The number of fused-ring (bicyclic) bond motifs is 1. The van der Waals surface area contributed by atoms with Crippen molar-refractivity contribution in [3.63, 3.8) is 0 Å². The van der Waals surface area contributed by atoms with Crippen molar-refractivity contribution in [1.29, 1.82) is 5.26 Å². The van der Waals surface area contributed by atoms with E-state index < -0.39 is 0 Å². The number of hydrogen-bond acceptors (Lipinski definition) is 4. The highest BCUT2D eigenvalue weighted by Gasteiger charge is 2.13. The van der Waals surface area contributed by atoms with E-state index in [-0.39, 0.29) is 12.5 Å². The van der Waals surface area contributed by atoms with Crippen LogP contribution in [-0.2, 0) is 17.1 Å². The number of halogens is 1. The molecule has 1 N–H and O–H groups in total. The van der Waals surface area contributed by atoms with Gasteiger partial charge in [0.2, 0.25) is 5.91 Å². The summed E-state index contributed by atoms with van der Waals surface area (Å²) in [6, 6.07) is 14.6. The summed E-state index contributed by atoms with van der Waals surface area (Å²) < 4.78 is 1.92. The van der Waals surface area contributed by atoms with Gasteiger partial charge in [0.05, 0.1) is 27.4 Å². The van der Waals surface area contributed by atoms with E-state index in [1.165, 1.54) is 0 Å². The van der Waals surface area contributed by atoms with Crippen LogP contribution in [0.15, 0.2) is 42.5 Å². The molecule has 0 unspecified atom stereocenters. The van der Waals surface area contributed by atoms with E-state index in [1.54, 1.807) is 30.0 Å². The second-order valence-corrected chi connectivity index (χ2v) is 6.66. The van der Waals surface area contributed by atoms with Gasteiger partial charge in [-0.1, -0.05) is 23.7 Å². The normalized spacial score (nSPS) is 10.6. The zero-order valence-corrected chi connectivity index (χ0v) is 15.1. The lowest BCUT2D eigenvalue weighted by molar-refractivity contribution is -0.116. The molecule has 1 heterocycles. The molecule has 0 fully saturated rings. The van der Waals surface area contributed by atoms with E-state index >= 15 is 0 Å². The molecule has 3 aromatic rings. The molecule has 25 heavy (non-hydrogen) atoms. The molecule has 0 aliphatic heterocycles. The Bertz CT molecular complexity index is 977. The molecule has 3 rings (SSSR count). The van der Waals surface area contributed by atoms with Crippen molar-refractivity contribution >= 4 is 46.0 Å². The fourth-order valence-corrected chi connectivity index (χ4v) is 3.27. The van der Waals surface area contributed by atoms with Crippen LogP contribution in [0.25, 0.3) is 11.0 Å². The van der Waals surface area contributed by atoms with Gasteiger partial charge in [-0.15, -0.1) is 0 Å². The number of imidazole rings is 1. The monoisotopic (exact) mass is 370 g/mol. The minimum absolute atomic E-state index is 0.161. The van der Waals surface area contributed by atoms with Crippen molar-refractivity contribution in [2.45, 2.75) is 12.3 Å². The molecular formula is C18H15ClN4OS. The lowest BCUT2D eigenvalue weighted by Gasteiger charge is -2.10. The molecule has 0 spiro atoms. The van der Waals surface area contributed by atoms with Crippen molar-refractivity contribution in [3.8, 4) is 6.07 Å². The third-order valence-electron chi connectivity index (χ3n) is 3.68. The molecule has 0 bridgehead atoms. The van der Waals surface area contributed by atoms with Gasteiger partial charge in [0.1, 0.15) is 18.4 Å². The number of anilines is 1. The Morgan fingerprint density at radius 2 is 2.16 bits per heavy atom. The summed E-state index contributed by atoms with van der Waals surface area (Å²) in [4.78, 5) is 17.1. The van der Waals surface area contributed by atoms with E-state index in [1.807, 2.05) is 41.2 Å². The predicted octanol–water partition coefficient (Wildman–Crippen LogP) is 4.06. The van der Waals surface area contributed by atoms with Gasteiger partial charge in [-0.05, 0) is 36.6 Å². The van der Waals surface area contributed by atoms with Crippen LogP contribution in [-0.4, -0.2) is 21.7 Å². The number of amides is 1. The molecule has 1 amide bonds. The van der Waals surface area contributed by atoms with Gasteiger partial charge in [-0.2, -0.15) is 17.0 Å². The highest BCUT2D eigenvalue weighted by molar-refractivity contribution is 7.97. The Labute approximate surface area is 154 Å². The minimum Gasteiger partial charge on any atom is -0.324 e. The Morgan fingerprint density at radius 1 is 1.36 bits per heavy atom. The summed E-state index contributed by atoms with van der Waals surface area (Å²) >= 11 is 7.67. The molecule has 126 valence electrons. The highest BCUT2D eigenvalue weighted by Crippen LogP contribution is 2.21. The standard InChI is InChI=1S/C18H15ClN4OS/c1-25-11-17-22-15-4-2-3-5-16(15)23(17)10-18(24)21-13-7-6-12(9-20)14(19)8-13/h2-8H,10-11H2,1H3,(H,21,24). The summed E-state index contributed by atoms with van der Waals surface area (Å²) in [5.41, 5.74) is 2.74. The van der Waals surface area contributed by atoms with Crippen molar-refractivity contribution < 1.29 is 4.79 Å². The number of hydrogen-bond donors (Lipinski definition) is 1. The van der Waals surface area contributed by atoms with Gasteiger partial charge in [-0.25, -0.2) is 4.98 Å². The van der Waals surface area contributed by atoms with E-state index in [4.69, 9.17) is 16.9 Å². The van der Waals surface area contributed by atoms with E-state index in [0.717, 1.165) is 22.6 Å². The lowest BCUT2D eigenvalue weighted by Crippen LogP contribution is -2.20. The third-order valence-corrected chi connectivity index (χ3v) is 4.54. The predicted molar refractivity (Wildman–Crippen MR) is 102 cm³/mol. The first-order valence-corrected chi connectivity index (χ1v) is 9.32. The summed E-state index contributed by atoms with van der Waals surface area (Å²) in [7, 11) is 0. The van der Waals surface area contributed by atoms with Gasteiger partial charge >= 0.3 is 0 Å². The first-order chi connectivity index (χ1) is 12.1. The Kier molecular flexibility index (Phi) is 5.27. The van der Waals surface area contributed by atoms with Crippen LogP contribution in [0.1, 0.15) is 11.4 Å². The fraction of sp³-hybridized carbons (Fsp3) is 0.167. The molecule has 7 heteroatoms. The number of carbonyl (C=O) groups excluding carboxylic acids is 1. The number of para-hydroxylation sites is 2. The topological polar surface area (TPSA) is 70.7 Å². The average Bonchev–Trinajstić information content (AvgIpc) is 2.93. The van der Waals surface area contributed by atoms with E-state index in [9.17, 15) is 4.79 Å². The first kappa shape index (κ1) is 17.3. The number of carbonyl (C=O) groups is 1. The Morgan fingerprint density at radius 3 is 2.88 bits per heavy atom. The highest BCUT2D eigenvalue weighted by atomic mass is 35.5. The van der Waals surface area contributed by atoms with Gasteiger partial charge < -0.3 is 9.88 Å². The number of rotatable bonds is 5. The molecule has 0 saturated heterocycles. The largest absolute Gasteiger partial charge is 0.324 e. The molecule has 0 radical (unpaired) electrons. The zero-order valence-electron chi connectivity index (χ0n) is 13.5. The third kappa shape index (κ3) is 3.78. The number of nitrogens with one attached hydrogen (secondary N) is 1. The number of nitriles is 1. The maximum atomic E-state index is 12.5. The lowest BCUT2D eigenvalue weighted by atomic mass is 10.2. The molecule has 0 saturated carbocycles. The molecule has 1 aromatic heterocycles. The van der Waals surface area contributed by atoms with Gasteiger partial charge in [0.15, 0.2) is 0 Å². The number of nitrogens with zero attached hydrogens (tertiary/aromatic N) is 3. The molecule has 0 atom stereocenters. The Hall–Kier alpha value is -2.49.